The number of amides is 1. The molecule has 0 aliphatic carbocycles. The molecule has 0 atom stereocenters. The van der Waals surface area contributed by atoms with E-state index >= 15 is 0 Å². The molecule has 1 amide bonds. The van der Waals surface area contributed by atoms with Crippen molar-refractivity contribution in [3.8, 4) is 0 Å². The molecular weight excluding hydrogens is 356 g/mol. The van der Waals surface area contributed by atoms with Gasteiger partial charge >= 0.3 is 0 Å². The zero-order valence-electron chi connectivity index (χ0n) is 15.9. The van der Waals surface area contributed by atoms with Crippen LogP contribution < -0.4 is 4.80 Å². The number of rotatable bonds is 3. The van der Waals surface area contributed by atoms with Gasteiger partial charge in [-0.05, 0) is 45.2 Å². The molecule has 27 heavy (non-hydrogen) atoms. The number of hydrogen-bond acceptors (Lipinski definition) is 3. The number of benzene rings is 2. The minimum Gasteiger partial charge on any atom is -0.317 e. The van der Waals surface area contributed by atoms with E-state index in [9.17, 15) is 4.79 Å². The summed E-state index contributed by atoms with van der Waals surface area (Å²) in [7, 11) is 0. The molecule has 0 N–H and O–H groups in total. The molecule has 0 saturated carbocycles. The van der Waals surface area contributed by atoms with Crippen LogP contribution in [0, 0.1) is 6.92 Å². The fourth-order valence-corrected chi connectivity index (χ4v) is 4.63. The number of hydrogen-bond donors (Lipinski definition) is 0. The summed E-state index contributed by atoms with van der Waals surface area (Å²) in [6.45, 7) is 8.76. The Hall–Kier alpha value is -2.73. The van der Waals surface area contributed by atoms with Crippen LogP contribution in [0.25, 0.3) is 21.0 Å². The molecule has 6 heteroatoms. The summed E-state index contributed by atoms with van der Waals surface area (Å²) in [5, 5.41) is 6.82. The molecule has 0 aliphatic heterocycles. The summed E-state index contributed by atoms with van der Waals surface area (Å²) in [6.07, 6.45) is 0. The molecule has 0 unspecified atom stereocenters. The molecule has 0 saturated heterocycles. The first kappa shape index (κ1) is 17.7. The van der Waals surface area contributed by atoms with E-state index in [2.05, 4.69) is 45.8 Å². The van der Waals surface area contributed by atoms with Gasteiger partial charge in [0.05, 0.1) is 15.9 Å². The highest BCUT2D eigenvalue weighted by Crippen LogP contribution is 2.27. The number of fused-ring (bicyclic) bond motifs is 3. The smallest absolute Gasteiger partial charge is 0.297 e. The van der Waals surface area contributed by atoms with Crippen LogP contribution >= 0.6 is 11.3 Å². The van der Waals surface area contributed by atoms with Gasteiger partial charge in [-0.15, -0.1) is 0 Å². The standard InChI is InChI=1S/C21H22N4OS/c1-5-24-17-11-10-15-8-6-7-9-16(15)19(17)27-21(24)22-20(26)18-12-14(4)23-25(18)13(2)3/h6-13H,5H2,1-4H3. The minimum absolute atomic E-state index is 0.109. The summed E-state index contributed by atoms with van der Waals surface area (Å²) >= 11 is 1.57. The maximum Gasteiger partial charge on any atom is 0.297 e. The molecule has 0 spiro atoms. The Balaban J connectivity index is 1.93. The zero-order chi connectivity index (χ0) is 19.1. The van der Waals surface area contributed by atoms with E-state index in [1.165, 1.54) is 10.8 Å². The summed E-state index contributed by atoms with van der Waals surface area (Å²) in [5.74, 6) is -0.248. The molecule has 2 aromatic carbocycles. The van der Waals surface area contributed by atoms with Crippen molar-refractivity contribution in [1.29, 1.82) is 0 Å². The average molecular weight is 379 g/mol. The van der Waals surface area contributed by atoms with E-state index in [1.807, 2.05) is 39.0 Å². The van der Waals surface area contributed by atoms with Crippen LogP contribution in [-0.2, 0) is 6.54 Å². The third-order valence-electron chi connectivity index (χ3n) is 4.65. The molecule has 2 heterocycles. The normalized spacial score (nSPS) is 12.6. The first-order chi connectivity index (χ1) is 13.0. The number of carbonyl (C=O) groups excluding carboxylic acids is 1. The summed E-state index contributed by atoms with van der Waals surface area (Å²) in [5.41, 5.74) is 2.47. The Morgan fingerprint density at radius 2 is 2.00 bits per heavy atom. The van der Waals surface area contributed by atoms with Crippen molar-refractivity contribution in [2.24, 2.45) is 4.99 Å². The van der Waals surface area contributed by atoms with Crippen LogP contribution in [0.3, 0.4) is 0 Å². The van der Waals surface area contributed by atoms with E-state index in [0.717, 1.165) is 27.3 Å². The Morgan fingerprint density at radius 3 is 2.74 bits per heavy atom. The highest BCUT2D eigenvalue weighted by molar-refractivity contribution is 7.17. The first-order valence-corrected chi connectivity index (χ1v) is 9.97. The number of nitrogens with zero attached hydrogens (tertiary/aromatic N) is 4. The molecule has 2 aromatic heterocycles. The zero-order valence-corrected chi connectivity index (χ0v) is 16.7. The van der Waals surface area contributed by atoms with Gasteiger partial charge in [0, 0.05) is 18.0 Å². The van der Waals surface area contributed by atoms with E-state index in [4.69, 9.17) is 0 Å². The van der Waals surface area contributed by atoms with Crippen molar-refractivity contribution in [1.82, 2.24) is 14.3 Å². The van der Waals surface area contributed by atoms with Crippen LogP contribution in [0.4, 0.5) is 0 Å². The van der Waals surface area contributed by atoms with E-state index < -0.39 is 0 Å². The van der Waals surface area contributed by atoms with Crippen molar-refractivity contribution in [2.75, 3.05) is 0 Å². The van der Waals surface area contributed by atoms with Crippen LogP contribution in [-0.4, -0.2) is 20.3 Å². The van der Waals surface area contributed by atoms with Crippen LogP contribution in [0.2, 0.25) is 0 Å². The first-order valence-electron chi connectivity index (χ1n) is 9.16. The maximum absolute atomic E-state index is 12.9. The largest absolute Gasteiger partial charge is 0.317 e. The molecule has 4 aromatic rings. The molecule has 0 radical (unpaired) electrons. The SMILES string of the molecule is CCn1c(=NC(=O)c2cc(C)nn2C(C)C)sc2c3ccccc3ccc21. The molecule has 0 aliphatic rings. The number of carbonyl (C=O) groups is 1. The monoisotopic (exact) mass is 378 g/mol. The maximum atomic E-state index is 12.9. The predicted molar refractivity (Wildman–Crippen MR) is 110 cm³/mol. The molecule has 0 fully saturated rings. The third kappa shape index (κ3) is 3.00. The molecule has 5 nitrogen and oxygen atoms in total. The predicted octanol–water partition coefficient (Wildman–Crippen LogP) is 4.70. The summed E-state index contributed by atoms with van der Waals surface area (Å²) in [6, 6.07) is 14.5. The van der Waals surface area contributed by atoms with Crippen molar-refractivity contribution < 1.29 is 4.79 Å². The molecule has 0 bridgehead atoms. The van der Waals surface area contributed by atoms with Gasteiger partial charge in [-0.3, -0.25) is 9.48 Å². The van der Waals surface area contributed by atoms with Crippen LogP contribution in [0.15, 0.2) is 47.5 Å². The summed E-state index contributed by atoms with van der Waals surface area (Å²) < 4.78 is 5.02. The molecular formula is C21H22N4OS. The van der Waals surface area contributed by atoms with Crippen LogP contribution in [0.5, 0.6) is 0 Å². The highest BCUT2D eigenvalue weighted by atomic mass is 32.1. The van der Waals surface area contributed by atoms with Crippen molar-refractivity contribution in [3.63, 3.8) is 0 Å². The lowest BCUT2D eigenvalue weighted by Gasteiger charge is -2.08. The Labute approximate surface area is 161 Å². The second kappa shape index (κ2) is 6.78. The van der Waals surface area contributed by atoms with Gasteiger partial charge in [-0.25, -0.2) is 0 Å². The number of aromatic nitrogens is 3. The Morgan fingerprint density at radius 1 is 1.22 bits per heavy atom. The van der Waals surface area contributed by atoms with Gasteiger partial charge in [0.25, 0.3) is 5.91 Å². The second-order valence-corrected chi connectivity index (χ2v) is 7.87. The van der Waals surface area contributed by atoms with E-state index in [0.29, 0.717) is 5.69 Å². The lowest BCUT2D eigenvalue weighted by atomic mass is 10.1. The van der Waals surface area contributed by atoms with Gasteiger partial charge in [-0.2, -0.15) is 10.1 Å². The van der Waals surface area contributed by atoms with Crippen molar-refractivity contribution in [3.05, 3.63) is 58.7 Å². The molecule has 4 rings (SSSR count). The van der Waals surface area contributed by atoms with Crippen LogP contribution in [0.1, 0.15) is 43.0 Å². The van der Waals surface area contributed by atoms with Gasteiger partial charge in [0.15, 0.2) is 4.80 Å². The van der Waals surface area contributed by atoms with Gasteiger partial charge < -0.3 is 4.57 Å². The van der Waals surface area contributed by atoms with Crippen molar-refractivity contribution >= 4 is 38.2 Å². The lowest BCUT2D eigenvalue weighted by Crippen LogP contribution is -2.18. The van der Waals surface area contributed by atoms with Gasteiger partial charge in [0.1, 0.15) is 5.69 Å². The topological polar surface area (TPSA) is 52.2 Å². The second-order valence-electron chi connectivity index (χ2n) is 6.89. The fourth-order valence-electron chi connectivity index (χ4n) is 3.40. The fraction of sp³-hybridized carbons (Fsp3) is 0.286. The third-order valence-corrected chi connectivity index (χ3v) is 5.78. The minimum atomic E-state index is -0.248. The highest BCUT2D eigenvalue weighted by Gasteiger charge is 2.16. The lowest BCUT2D eigenvalue weighted by molar-refractivity contribution is 0.0986. The Kier molecular flexibility index (Phi) is 4.44. The van der Waals surface area contributed by atoms with E-state index in [1.54, 1.807) is 16.0 Å². The number of thiazole rings is 1. The van der Waals surface area contributed by atoms with E-state index in [-0.39, 0.29) is 11.9 Å². The molecule has 138 valence electrons. The van der Waals surface area contributed by atoms with Gasteiger partial charge in [0.2, 0.25) is 0 Å². The summed E-state index contributed by atoms with van der Waals surface area (Å²) in [4.78, 5) is 18.1. The quantitative estimate of drug-likeness (QED) is 0.519. The number of aryl methyl sites for hydroxylation is 2. The average Bonchev–Trinajstić information content (AvgIpc) is 3.22. The Bertz CT molecular complexity index is 1230. The van der Waals surface area contributed by atoms with Gasteiger partial charge in [-0.1, -0.05) is 41.7 Å². The van der Waals surface area contributed by atoms with Crippen molar-refractivity contribution in [2.45, 2.75) is 40.3 Å².